The molecule has 0 aliphatic heterocycles. The maximum absolute atomic E-state index is 5.85. The molecule has 0 atom stereocenters. The van der Waals surface area contributed by atoms with E-state index < -0.39 is 0 Å². The van der Waals surface area contributed by atoms with Crippen molar-refractivity contribution in [3.63, 3.8) is 0 Å². The summed E-state index contributed by atoms with van der Waals surface area (Å²) >= 11 is 5.85. The summed E-state index contributed by atoms with van der Waals surface area (Å²) in [6.45, 7) is 6.96. The highest BCUT2D eigenvalue weighted by Gasteiger charge is 2.12. The molecule has 0 aromatic carbocycles. The van der Waals surface area contributed by atoms with Gasteiger partial charge < -0.3 is 4.74 Å². The van der Waals surface area contributed by atoms with Crippen molar-refractivity contribution in [1.29, 1.82) is 0 Å². The molecule has 0 N–H and O–H groups in total. The molecule has 0 saturated heterocycles. The van der Waals surface area contributed by atoms with E-state index in [4.69, 9.17) is 16.3 Å². The van der Waals surface area contributed by atoms with Gasteiger partial charge in [0.2, 0.25) is 5.28 Å². The van der Waals surface area contributed by atoms with Crippen molar-refractivity contribution in [1.82, 2.24) is 24.7 Å². The van der Waals surface area contributed by atoms with Crippen LogP contribution in [0.4, 0.5) is 0 Å². The van der Waals surface area contributed by atoms with Crippen molar-refractivity contribution in [2.45, 2.75) is 27.2 Å². The summed E-state index contributed by atoms with van der Waals surface area (Å²) < 4.78 is 7.02. The molecule has 0 bridgehead atoms. The summed E-state index contributed by atoms with van der Waals surface area (Å²) in [5.41, 5.74) is 0.196. The minimum absolute atomic E-state index is 0.0891. The predicted molar refractivity (Wildman–Crippen MR) is 71.5 cm³/mol. The van der Waals surface area contributed by atoms with E-state index in [0.29, 0.717) is 12.6 Å². The third kappa shape index (κ3) is 4.17. The van der Waals surface area contributed by atoms with Gasteiger partial charge >= 0.3 is 6.01 Å². The minimum Gasteiger partial charge on any atom is -0.463 e. The van der Waals surface area contributed by atoms with Gasteiger partial charge in [0.15, 0.2) is 0 Å². The van der Waals surface area contributed by atoms with Crippen molar-refractivity contribution < 1.29 is 4.74 Å². The van der Waals surface area contributed by atoms with Crippen molar-refractivity contribution in [2.75, 3.05) is 6.61 Å². The maximum atomic E-state index is 5.85. The van der Waals surface area contributed by atoms with Crippen LogP contribution in [0, 0.1) is 5.41 Å². The Kier molecular flexibility index (Phi) is 3.99. The minimum atomic E-state index is 0.0891. The Bertz CT molecular complexity index is 536. The Morgan fingerprint density at radius 1 is 1.26 bits per heavy atom. The van der Waals surface area contributed by atoms with Crippen LogP contribution in [0.15, 0.2) is 18.5 Å². The molecule has 0 aliphatic carbocycles. The van der Waals surface area contributed by atoms with Crippen LogP contribution < -0.4 is 4.74 Å². The Balaban J connectivity index is 2.09. The van der Waals surface area contributed by atoms with Gasteiger partial charge in [-0.1, -0.05) is 20.8 Å². The Labute approximate surface area is 116 Å². The van der Waals surface area contributed by atoms with E-state index in [1.807, 2.05) is 0 Å². The second kappa shape index (κ2) is 5.52. The van der Waals surface area contributed by atoms with E-state index in [1.165, 1.54) is 4.68 Å². The zero-order valence-corrected chi connectivity index (χ0v) is 11.9. The van der Waals surface area contributed by atoms with Gasteiger partial charge in [-0.3, -0.25) is 0 Å². The van der Waals surface area contributed by atoms with Gasteiger partial charge in [0.1, 0.15) is 0 Å². The fourth-order valence-electron chi connectivity index (χ4n) is 1.32. The molecule has 0 spiro atoms. The van der Waals surface area contributed by atoms with Crippen LogP contribution in [0.1, 0.15) is 27.2 Å². The lowest BCUT2D eigenvalue weighted by Crippen LogP contribution is -2.13. The zero-order valence-electron chi connectivity index (χ0n) is 11.2. The lowest BCUT2D eigenvalue weighted by atomic mass is 9.93. The van der Waals surface area contributed by atoms with Crippen molar-refractivity contribution >= 4 is 11.6 Å². The van der Waals surface area contributed by atoms with Crippen LogP contribution in [-0.2, 0) is 0 Å². The first kappa shape index (κ1) is 13.7. The highest BCUT2D eigenvalue weighted by molar-refractivity contribution is 6.28. The molecule has 102 valence electrons. The molecule has 0 fully saturated rings. The van der Waals surface area contributed by atoms with E-state index in [-0.39, 0.29) is 16.7 Å². The SMILES string of the molecule is CC(C)(C)CCOc1nc(Cl)nc(-n2cccn2)n1. The molecule has 2 aromatic heterocycles. The Morgan fingerprint density at radius 2 is 2.05 bits per heavy atom. The first-order chi connectivity index (χ1) is 8.94. The first-order valence-electron chi connectivity index (χ1n) is 5.98. The second-order valence-electron chi connectivity index (χ2n) is 5.30. The van der Waals surface area contributed by atoms with Crippen molar-refractivity contribution in [2.24, 2.45) is 5.41 Å². The average molecular weight is 282 g/mol. The van der Waals surface area contributed by atoms with E-state index in [2.05, 4.69) is 40.8 Å². The van der Waals surface area contributed by atoms with Crippen LogP contribution in [0.25, 0.3) is 5.95 Å². The number of aromatic nitrogens is 5. The molecule has 2 heterocycles. The molecular weight excluding hydrogens is 266 g/mol. The zero-order chi connectivity index (χ0) is 13.9. The molecule has 0 amide bonds. The normalized spacial score (nSPS) is 11.6. The number of ether oxygens (including phenoxy) is 1. The molecule has 0 saturated carbocycles. The molecule has 0 radical (unpaired) electrons. The smallest absolute Gasteiger partial charge is 0.322 e. The number of hydrogen-bond acceptors (Lipinski definition) is 5. The largest absolute Gasteiger partial charge is 0.463 e. The van der Waals surface area contributed by atoms with E-state index >= 15 is 0 Å². The Morgan fingerprint density at radius 3 is 2.68 bits per heavy atom. The van der Waals surface area contributed by atoms with Crippen LogP contribution in [0.5, 0.6) is 6.01 Å². The van der Waals surface area contributed by atoms with Crippen molar-refractivity contribution in [3.8, 4) is 12.0 Å². The van der Waals surface area contributed by atoms with E-state index in [1.54, 1.807) is 18.5 Å². The predicted octanol–water partition coefficient (Wildman–Crippen LogP) is 2.53. The summed E-state index contributed by atoms with van der Waals surface area (Å²) in [4.78, 5) is 12.1. The van der Waals surface area contributed by atoms with Gasteiger partial charge in [-0.15, -0.1) is 0 Å². The summed E-state index contributed by atoms with van der Waals surface area (Å²) in [5, 5.41) is 4.13. The van der Waals surface area contributed by atoms with E-state index in [0.717, 1.165) is 6.42 Å². The number of halogens is 1. The third-order valence-electron chi connectivity index (χ3n) is 2.37. The average Bonchev–Trinajstić information content (AvgIpc) is 2.79. The molecule has 0 unspecified atom stereocenters. The van der Waals surface area contributed by atoms with Gasteiger partial charge in [0, 0.05) is 12.4 Å². The fourth-order valence-corrected chi connectivity index (χ4v) is 1.47. The lowest BCUT2D eigenvalue weighted by molar-refractivity contribution is 0.228. The number of nitrogens with zero attached hydrogens (tertiary/aromatic N) is 5. The van der Waals surface area contributed by atoms with Crippen LogP contribution in [0.3, 0.4) is 0 Å². The molecule has 2 aromatic rings. The quantitative estimate of drug-likeness (QED) is 0.861. The summed E-state index contributed by atoms with van der Waals surface area (Å²) in [6, 6.07) is 1.99. The van der Waals surface area contributed by atoms with Crippen molar-refractivity contribution in [3.05, 3.63) is 23.7 Å². The topological polar surface area (TPSA) is 65.7 Å². The monoisotopic (exact) mass is 281 g/mol. The summed E-state index contributed by atoms with van der Waals surface area (Å²) in [5.74, 6) is 0.343. The van der Waals surface area contributed by atoms with Crippen LogP contribution in [-0.4, -0.2) is 31.3 Å². The first-order valence-corrected chi connectivity index (χ1v) is 6.36. The van der Waals surface area contributed by atoms with Gasteiger partial charge in [0.05, 0.1) is 6.61 Å². The Hall–Kier alpha value is -1.69. The van der Waals surface area contributed by atoms with Gasteiger partial charge in [-0.2, -0.15) is 20.1 Å². The summed E-state index contributed by atoms with van der Waals surface area (Å²) in [7, 11) is 0. The van der Waals surface area contributed by atoms with Gasteiger partial charge in [-0.05, 0) is 29.5 Å². The lowest BCUT2D eigenvalue weighted by Gasteiger charge is -2.17. The molecule has 19 heavy (non-hydrogen) atoms. The maximum Gasteiger partial charge on any atom is 0.322 e. The third-order valence-corrected chi connectivity index (χ3v) is 2.54. The van der Waals surface area contributed by atoms with Gasteiger partial charge in [-0.25, -0.2) is 4.68 Å². The molecule has 0 aliphatic rings. The number of rotatable bonds is 4. The second-order valence-corrected chi connectivity index (χ2v) is 5.63. The van der Waals surface area contributed by atoms with E-state index in [9.17, 15) is 0 Å². The number of hydrogen-bond donors (Lipinski definition) is 0. The highest BCUT2D eigenvalue weighted by atomic mass is 35.5. The highest BCUT2D eigenvalue weighted by Crippen LogP contribution is 2.19. The molecule has 7 heteroatoms. The molecule has 6 nitrogen and oxygen atoms in total. The molecular formula is C12H16ClN5O. The van der Waals surface area contributed by atoms with Gasteiger partial charge in [0.25, 0.3) is 5.95 Å². The van der Waals surface area contributed by atoms with Crippen LogP contribution in [0.2, 0.25) is 5.28 Å². The summed E-state index contributed by atoms with van der Waals surface area (Å²) in [6.07, 6.45) is 4.26. The van der Waals surface area contributed by atoms with Crippen LogP contribution >= 0.6 is 11.6 Å². The standard InChI is InChI=1S/C12H16ClN5O/c1-12(2,3)5-8-19-11-16-9(13)15-10(17-11)18-7-4-6-14-18/h4,6-7H,5,8H2,1-3H3. The fraction of sp³-hybridized carbons (Fsp3) is 0.500. The molecule has 2 rings (SSSR count).